The van der Waals surface area contributed by atoms with Gasteiger partial charge in [-0.1, -0.05) is 0 Å². The average Bonchev–Trinajstić information content (AvgIpc) is 2.83. The molecule has 7 nitrogen and oxygen atoms in total. The van der Waals surface area contributed by atoms with Gasteiger partial charge in [-0.15, -0.1) is 0 Å². The lowest BCUT2D eigenvalue weighted by Crippen LogP contribution is -2.61. The Bertz CT molecular complexity index is 485. The fourth-order valence-corrected chi connectivity index (χ4v) is 2.05. The van der Waals surface area contributed by atoms with Gasteiger partial charge in [0.1, 0.15) is 12.1 Å². The van der Waals surface area contributed by atoms with E-state index in [9.17, 15) is 9.59 Å². The second-order valence-electron chi connectivity index (χ2n) is 4.57. The third-order valence-corrected chi connectivity index (χ3v) is 3.16. The highest BCUT2D eigenvalue weighted by Gasteiger charge is 2.37. The number of carbonyl (C=O) groups is 2. The van der Waals surface area contributed by atoms with Gasteiger partial charge in [-0.05, 0) is 13.8 Å². The number of piperazine rings is 1. The summed E-state index contributed by atoms with van der Waals surface area (Å²) in [5, 5.41) is 6.80. The standard InChI is InChI=1S/C12H18N4O3/c1-8-12(18)16(9(2)11(17)14-8)10-6-13-15(7-10)4-5-19-3/h6-9H,4-5H2,1-3H3,(H,14,17). The molecule has 1 aliphatic heterocycles. The van der Waals surface area contributed by atoms with Crippen molar-refractivity contribution in [2.45, 2.75) is 32.5 Å². The SMILES string of the molecule is COCCn1cc(N2C(=O)C(C)NC(=O)C2C)cn1. The number of rotatable bonds is 4. The highest BCUT2D eigenvalue weighted by molar-refractivity contribution is 6.07. The van der Waals surface area contributed by atoms with Crippen LogP contribution in [0.4, 0.5) is 5.69 Å². The van der Waals surface area contributed by atoms with Crippen LogP contribution in [0.3, 0.4) is 0 Å². The van der Waals surface area contributed by atoms with Crippen molar-refractivity contribution < 1.29 is 14.3 Å². The maximum absolute atomic E-state index is 12.2. The first-order valence-electron chi connectivity index (χ1n) is 6.19. The van der Waals surface area contributed by atoms with E-state index in [-0.39, 0.29) is 11.8 Å². The Labute approximate surface area is 111 Å². The van der Waals surface area contributed by atoms with Crippen molar-refractivity contribution in [1.29, 1.82) is 0 Å². The number of nitrogens with one attached hydrogen (secondary N) is 1. The van der Waals surface area contributed by atoms with E-state index in [4.69, 9.17) is 4.74 Å². The molecule has 1 aromatic heterocycles. The molecule has 0 radical (unpaired) electrons. The molecular formula is C12H18N4O3. The minimum absolute atomic E-state index is 0.126. The topological polar surface area (TPSA) is 76.5 Å². The van der Waals surface area contributed by atoms with Gasteiger partial charge in [0.15, 0.2) is 0 Å². The van der Waals surface area contributed by atoms with E-state index in [0.717, 1.165) is 0 Å². The van der Waals surface area contributed by atoms with Gasteiger partial charge in [0, 0.05) is 13.3 Å². The van der Waals surface area contributed by atoms with Crippen molar-refractivity contribution in [2.24, 2.45) is 0 Å². The van der Waals surface area contributed by atoms with Crippen molar-refractivity contribution >= 4 is 17.5 Å². The molecule has 2 rings (SSSR count). The van der Waals surface area contributed by atoms with Crippen LogP contribution >= 0.6 is 0 Å². The molecule has 104 valence electrons. The number of ether oxygens (including phenoxy) is 1. The lowest BCUT2D eigenvalue weighted by Gasteiger charge is -2.35. The summed E-state index contributed by atoms with van der Waals surface area (Å²) in [5.41, 5.74) is 0.635. The van der Waals surface area contributed by atoms with Gasteiger partial charge in [-0.3, -0.25) is 19.2 Å². The average molecular weight is 266 g/mol. The molecule has 0 saturated carbocycles. The Morgan fingerprint density at radius 3 is 2.84 bits per heavy atom. The largest absolute Gasteiger partial charge is 0.383 e. The Hall–Kier alpha value is -1.89. The Balaban J connectivity index is 2.20. The summed E-state index contributed by atoms with van der Waals surface area (Å²) in [6, 6.07) is -1.03. The van der Waals surface area contributed by atoms with E-state index >= 15 is 0 Å². The van der Waals surface area contributed by atoms with E-state index in [1.807, 2.05) is 0 Å². The van der Waals surface area contributed by atoms with E-state index in [2.05, 4.69) is 10.4 Å². The van der Waals surface area contributed by atoms with Gasteiger partial charge in [-0.25, -0.2) is 0 Å². The smallest absolute Gasteiger partial charge is 0.250 e. The first-order chi connectivity index (χ1) is 9.04. The number of carbonyl (C=O) groups excluding carboxylic acids is 2. The van der Waals surface area contributed by atoms with Crippen LogP contribution in [0.25, 0.3) is 0 Å². The summed E-state index contributed by atoms with van der Waals surface area (Å²) in [5.74, 6) is -0.282. The van der Waals surface area contributed by atoms with Crippen LogP contribution in [0.5, 0.6) is 0 Å². The Morgan fingerprint density at radius 2 is 2.16 bits per heavy atom. The third-order valence-electron chi connectivity index (χ3n) is 3.16. The molecule has 1 N–H and O–H groups in total. The minimum Gasteiger partial charge on any atom is -0.383 e. The minimum atomic E-state index is -0.524. The zero-order valence-corrected chi connectivity index (χ0v) is 11.3. The summed E-state index contributed by atoms with van der Waals surface area (Å²) < 4.78 is 6.66. The molecule has 1 aromatic rings. The van der Waals surface area contributed by atoms with Gasteiger partial charge < -0.3 is 10.1 Å². The second-order valence-corrected chi connectivity index (χ2v) is 4.57. The lowest BCUT2D eigenvalue weighted by atomic mass is 10.1. The van der Waals surface area contributed by atoms with Crippen molar-refractivity contribution in [3.05, 3.63) is 12.4 Å². The molecule has 2 atom stereocenters. The van der Waals surface area contributed by atoms with Gasteiger partial charge in [0.2, 0.25) is 11.8 Å². The number of aromatic nitrogens is 2. The number of nitrogens with zero attached hydrogens (tertiary/aromatic N) is 3. The summed E-state index contributed by atoms with van der Waals surface area (Å²) in [6.07, 6.45) is 3.34. The van der Waals surface area contributed by atoms with Gasteiger partial charge in [-0.2, -0.15) is 5.10 Å². The van der Waals surface area contributed by atoms with E-state index in [1.54, 1.807) is 38.0 Å². The molecule has 0 aliphatic carbocycles. The van der Waals surface area contributed by atoms with Crippen molar-refractivity contribution in [3.63, 3.8) is 0 Å². The summed E-state index contributed by atoms with van der Waals surface area (Å²) in [4.78, 5) is 25.4. The number of methoxy groups -OCH3 is 1. The van der Waals surface area contributed by atoms with E-state index in [1.165, 1.54) is 4.90 Å². The normalized spacial score (nSPS) is 23.6. The quantitative estimate of drug-likeness (QED) is 0.816. The van der Waals surface area contributed by atoms with E-state index < -0.39 is 12.1 Å². The number of hydrogen-bond acceptors (Lipinski definition) is 4. The maximum atomic E-state index is 12.2. The van der Waals surface area contributed by atoms with Gasteiger partial charge >= 0.3 is 0 Å². The number of hydrogen-bond donors (Lipinski definition) is 1. The summed E-state index contributed by atoms with van der Waals surface area (Å²) in [6.45, 7) is 4.52. The predicted molar refractivity (Wildman–Crippen MR) is 68.7 cm³/mol. The fourth-order valence-electron chi connectivity index (χ4n) is 2.05. The van der Waals surface area contributed by atoms with Crippen LogP contribution in [0.2, 0.25) is 0 Å². The highest BCUT2D eigenvalue weighted by Crippen LogP contribution is 2.20. The molecule has 1 saturated heterocycles. The zero-order chi connectivity index (χ0) is 14.0. The van der Waals surface area contributed by atoms with E-state index in [0.29, 0.717) is 18.8 Å². The lowest BCUT2D eigenvalue weighted by molar-refractivity contribution is -0.133. The molecule has 1 fully saturated rings. The van der Waals surface area contributed by atoms with Crippen molar-refractivity contribution in [2.75, 3.05) is 18.6 Å². The van der Waals surface area contributed by atoms with Gasteiger partial charge in [0.05, 0.1) is 25.0 Å². The molecule has 7 heteroatoms. The maximum Gasteiger partial charge on any atom is 0.250 e. The molecule has 2 unspecified atom stereocenters. The first kappa shape index (κ1) is 13.5. The van der Waals surface area contributed by atoms with Crippen molar-refractivity contribution in [1.82, 2.24) is 15.1 Å². The zero-order valence-electron chi connectivity index (χ0n) is 11.3. The number of amides is 2. The first-order valence-corrected chi connectivity index (χ1v) is 6.19. The molecule has 0 bridgehead atoms. The Morgan fingerprint density at radius 1 is 1.42 bits per heavy atom. The van der Waals surface area contributed by atoms with Gasteiger partial charge in [0.25, 0.3) is 0 Å². The summed E-state index contributed by atoms with van der Waals surface area (Å²) in [7, 11) is 1.62. The van der Waals surface area contributed by atoms with Crippen LogP contribution in [0, 0.1) is 0 Å². The molecule has 0 spiro atoms. The number of anilines is 1. The third kappa shape index (κ3) is 2.60. The molecule has 2 heterocycles. The van der Waals surface area contributed by atoms with Crippen molar-refractivity contribution in [3.8, 4) is 0 Å². The van der Waals surface area contributed by atoms with Crippen LogP contribution in [0.1, 0.15) is 13.8 Å². The molecule has 2 amide bonds. The van der Waals surface area contributed by atoms with Crippen LogP contribution < -0.4 is 10.2 Å². The molecule has 19 heavy (non-hydrogen) atoms. The van der Waals surface area contributed by atoms with Crippen LogP contribution in [-0.2, 0) is 20.9 Å². The predicted octanol–water partition coefficient (Wildman–Crippen LogP) is -0.231. The Kier molecular flexibility index (Phi) is 3.84. The second kappa shape index (κ2) is 5.40. The molecular weight excluding hydrogens is 248 g/mol. The summed E-state index contributed by atoms with van der Waals surface area (Å²) >= 11 is 0. The molecule has 1 aliphatic rings. The van der Waals surface area contributed by atoms with Crippen LogP contribution in [-0.4, -0.2) is 47.4 Å². The van der Waals surface area contributed by atoms with Crippen LogP contribution in [0.15, 0.2) is 12.4 Å². The highest BCUT2D eigenvalue weighted by atomic mass is 16.5. The monoisotopic (exact) mass is 266 g/mol. The molecule has 0 aromatic carbocycles. The fraction of sp³-hybridized carbons (Fsp3) is 0.583.